The second-order valence-electron chi connectivity index (χ2n) is 4.19. The van der Waals surface area contributed by atoms with Crippen molar-refractivity contribution in [2.45, 2.75) is 4.90 Å². The fraction of sp³-hybridized carbons (Fsp3) is 0.143. The molecule has 0 aliphatic rings. The zero-order valence-corrected chi connectivity index (χ0v) is 11.7. The number of hydrogen-bond donors (Lipinski definition) is 1. The number of nitrogens with zero attached hydrogens (tertiary/aromatic N) is 1. The van der Waals surface area contributed by atoms with Crippen molar-refractivity contribution in [3.8, 4) is 0 Å². The highest BCUT2D eigenvalue weighted by molar-refractivity contribution is 7.92. The minimum Gasteiger partial charge on any atom is -0.394 e. The monoisotopic (exact) mass is 313 g/mol. The zero-order valence-electron chi connectivity index (χ0n) is 10.9. The van der Waals surface area contributed by atoms with E-state index in [1.165, 1.54) is 12.1 Å². The van der Waals surface area contributed by atoms with Crippen LogP contribution in [0.15, 0.2) is 53.4 Å². The second kappa shape index (κ2) is 6.19. The fourth-order valence-corrected chi connectivity index (χ4v) is 3.41. The van der Waals surface area contributed by atoms with Gasteiger partial charge in [0.25, 0.3) is 10.0 Å². The number of hydrogen-bond acceptors (Lipinski definition) is 3. The van der Waals surface area contributed by atoms with Gasteiger partial charge in [-0.15, -0.1) is 0 Å². The normalized spacial score (nSPS) is 11.4. The Morgan fingerprint density at radius 2 is 1.67 bits per heavy atom. The first-order valence-corrected chi connectivity index (χ1v) is 7.55. The van der Waals surface area contributed by atoms with Gasteiger partial charge in [-0.05, 0) is 24.3 Å². The lowest BCUT2D eigenvalue weighted by Crippen LogP contribution is -2.34. The molecule has 0 unspecified atom stereocenters. The minimum absolute atomic E-state index is 0.259. The summed E-state index contributed by atoms with van der Waals surface area (Å²) in [6, 6.07) is 10.9. The smallest absolute Gasteiger partial charge is 0.267 e. The second-order valence-corrected chi connectivity index (χ2v) is 6.02. The number of anilines is 1. The molecule has 2 aromatic carbocycles. The molecule has 0 aliphatic heterocycles. The Labute approximate surface area is 121 Å². The first-order chi connectivity index (χ1) is 9.98. The molecule has 0 saturated carbocycles. The van der Waals surface area contributed by atoms with Crippen LogP contribution < -0.4 is 4.31 Å². The largest absolute Gasteiger partial charge is 0.394 e. The quantitative estimate of drug-likeness (QED) is 0.920. The van der Waals surface area contributed by atoms with Crippen LogP contribution in [0.5, 0.6) is 0 Å². The van der Waals surface area contributed by atoms with E-state index in [9.17, 15) is 17.2 Å². The maximum atomic E-state index is 13.8. The van der Waals surface area contributed by atoms with Crippen LogP contribution in [0.3, 0.4) is 0 Å². The standard InChI is InChI=1S/C14H13F2NO3S/c15-12-7-4-8-13(14(12)16)21(19,20)17(9-10-18)11-5-2-1-3-6-11/h1-8,18H,9-10H2. The lowest BCUT2D eigenvalue weighted by Gasteiger charge is -2.23. The van der Waals surface area contributed by atoms with Gasteiger partial charge in [0.1, 0.15) is 4.90 Å². The van der Waals surface area contributed by atoms with Gasteiger partial charge in [-0.3, -0.25) is 4.31 Å². The topological polar surface area (TPSA) is 57.6 Å². The van der Waals surface area contributed by atoms with E-state index in [1.54, 1.807) is 18.2 Å². The summed E-state index contributed by atoms with van der Waals surface area (Å²) in [5.74, 6) is -2.68. The van der Waals surface area contributed by atoms with Crippen molar-refractivity contribution in [3.05, 3.63) is 60.2 Å². The first-order valence-electron chi connectivity index (χ1n) is 6.11. The van der Waals surface area contributed by atoms with E-state index in [1.807, 2.05) is 0 Å². The molecule has 0 aromatic heterocycles. The third kappa shape index (κ3) is 3.03. The van der Waals surface area contributed by atoms with Crippen LogP contribution in [0.1, 0.15) is 0 Å². The summed E-state index contributed by atoms with van der Waals surface area (Å²) in [7, 11) is -4.31. The Morgan fingerprint density at radius 1 is 1.00 bits per heavy atom. The third-order valence-corrected chi connectivity index (χ3v) is 4.68. The number of benzene rings is 2. The summed E-state index contributed by atoms with van der Waals surface area (Å²) >= 11 is 0. The van der Waals surface area contributed by atoms with Crippen LogP contribution in [0.2, 0.25) is 0 Å². The lowest BCUT2D eigenvalue weighted by atomic mass is 10.3. The number of rotatable bonds is 5. The van der Waals surface area contributed by atoms with Crippen molar-refractivity contribution in [2.24, 2.45) is 0 Å². The molecular weight excluding hydrogens is 300 g/mol. The maximum Gasteiger partial charge on any atom is 0.267 e. The SMILES string of the molecule is O=S(=O)(c1cccc(F)c1F)N(CCO)c1ccccc1. The molecular formula is C14H13F2NO3S. The van der Waals surface area contributed by atoms with Gasteiger partial charge in [0, 0.05) is 0 Å². The molecule has 0 spiro atoms. The van der Waals surface area contributed by atoms with Gasteiger partial charge in [-0.1, -0.05) is 24.3 Å². The first kappa shape index (κ1) is 15.4. The Morgan fingerprint density at radius 3 is 2.29 bits per heavy atom. The van der Waals surface area contributed by atoms with Crippen LogP contribution in [0.4, 0.5) is 14.5 Å². The molecule has 2 aromatic rings. The van der Waals surface area contributed by atoms with Crippen LogP contribution >= 0.6 is 0 Å². The molecule has 2 rings (SSSR count). The summed E-state index contributed by atoms with van der Waals surface area (Å²) in [4.78, 5) is -0.764. The van der Waals surface area contributed by atoms with Gasteiger partial charge in [0.05, 0.1) is 18.8 Å². The predicted octanol–water partition coefficient (Wildman–Crippen LogP) is 2.15. The Kier molecular flexibility index (Phi) is 4.54. The molecule has 112 valence electrons. The lowest BCUT2D eigenvalue weighted by molar-refractivity contribution is 0.306. The number of aliphatic hydroxyl groups excluding tert-OH is 1. The Hall–Kier alpha value is -1.99. The highest BCUT2D eigenvalue weighted by atomic mass is 32.2. The van der Waals surface area contributed by atoms with E-state index in [0.29, 0.717) is 0 Å². The highest BCUT2D eigenvalue weighted by Gasteiger charge is 2.28. The van der Waals surface area contributed by atoms with Crippen LogP contribution in [-0.4, -0.2) is 26.7 Å². The van der Waals surface area contributed by atoms with Crippen molar-refractivity contribution in [1.82, 2.24) is 0 Å². The molecule has 0 heterocycles. The van der Waals surface area contributed by atoms with Crippen LogP contribution in [-0.2, 0) is 10.0 Å². The summed E-state index contributed by atoms with van der Waals surface area (Å²) < 4.78 is 52.9. The molecule has 0 atom stereocenters. The molecule has 21 heavy (non-hydrogen) atoms. The molecule has 0 fully saturated rings. The van der Waals surface area contributed by atoms with Crippen molar-refractivity contribution in [3.63, 3.8) is 0 Å². The Balaban J connectivity index is 2.56. The predicted molar refractivity (Wildman–Crippen MR) is 74.4 cm³/mol. The van der Waals surface area contributed by atoms with Gasteiger partial charge >= 0.3 is 0 Å². The van der Waals surface area contributed by atoms with Crippen molar-refractivity contribution in [1.29, 1.82) is 0 Å². The molecule has 1 N–H and O–H groups in total. The number of aliphatic hydroxyl groups is 1. The number of halogens is 2. The molecule has 0 bridgehead atoms. The molecule has 0 aliphatic carbocycles. The van der Waals surface area contributed by atoms with Crippen molar-refractivity contribution in [2.75, 3.05) is 17.5 Å². The summed E-state index contributed by atoms with van der Waals surface area (Å²) in [6.07, 6.45) is 0. The molecule has 7 heteroatoms. The average molecular weight is 313 g/mol. The van der Waals surface area contributed by atoms with Gasteiger partial charge in [-0.2, -0.15) is 0 Å². The summed E-state index contributed by atoms with van der Waals surface area (Å²) in [5.41, 5.74) is 0.259. The van der Waals surface area contributed by atoms with Crippen molar-refractivity contribution < 1.29 is 22.3 Å². The van der Waals surface area contributed by atoms with Crippen molar-refractivity contribution >= 4 is 15.7 Å². The minimum atomic E-state index is -4.31. The van der Waals surface area contributed by atoms with Gasteiger partial charge in [0.2, 0.25) is 0 Å². The average Bonchev–Trinajstić information content (AvgIpc) is 2.48. The van der Waals surface area contributed by atoms with Crippen LogP contribution in [0.25, 0.3) is 0 Å². The summed E-state index contributed by atoms with van der Waals surface area (Å²) in [6.45, 7) is -0.715. The van der Waals surface area contributed by atoms with E-state index in [0.717, 1.165) is 22.5 Å². The molecule has 0 saturated heterocycles. The zero-order chi connectivity index (χ0) is 15.5. The van der Waals surface area contributed by atoms with Gasteiger partial charge < -0.3 is 5.11 Å². The fourth-order valence-electron chi connectivity index (χ4n) is 1.88. The molecule has 0 amide bonds. The Bertz CT molecular complexity index is 720. The van der Waals surface area contributed by atoms with E-state index in [4.69, 9.17) is 5.11 Å². The molecule has 0 radical (unpaired) electrons. The van der Waals surface area contributed by atoms with Gasteiger partial charge in [0.15, 0.2) is 11.6 Å². The van der Waals surface area contributed by atoms with E-state index >= 15 is 0 Å². The summed E-state index contributed by atoms with van der Waals surface area (Å²) in [5, 5.41) is 9.06. The molecule has 4 nitrogen and oxygen atoms in total. The third-order valence-electron chi connectivity index (χ3n) is 2.83. The van der Waals surface area contributed by atoms with E-state index in [-0.39, 0.29) is 12.2 Å². The van der Waals surface area contributed by atoms with E-state index < -0.39 is 33.2 Å². The van der Waals surface area contributed by atoms with Crippen LogP contribution in [0, 0.1) is 11.6 Å². The number of sulfonamides is 1. The maximum absolute atomic E-state index is 13.8. The van der Waals surface area contributed by atoms with E-state index in [2.05, 4.69) is 0 Å². The number of para-hydroxylation sites is 1. The highest BCUT2D eigenvalue weighted by Crippen LogP contribution is 2.25. The van der Waals surface area contributed by atoms with Gasteiger partial charge in [-0.25, -0.2) is 17.2 Å².